The van der Waals surface area contributed by atoms with E-state index in [4.69, 9.17) is 0 Å². The monoisotopic (exact) mass is 430 g/mol. The van der Waals surface area contributed by atoms with Crippen LogP contribution in [-0.2, 0) is 15.0 Å². The summed E-state index contributed by atoms with van der Waals surface area (Å²) in [6, 6.07) is 17.8. The molecular weight excluding hydrogens is 400 g/mol. The normalized spacial score (nSPS) is 16.0. The van der Waals surface area contributed by atoms with Crippen molar-refractivity contribution in [3.63, 3.8) is 0 Å². The van der Waals surface area contributed by atoms with Gasteiger partial charge >= 0.3 is 0 Å². The minimum absolute atomic E-state index is 0.0949. The van der Waals surface area contributed by atoms with Gasteiger partial charge in [-0.05, 0) is 23.3 Å². The van der Waals surface area contributed by atoms with Crippen molar-refractivity contribution in [2.45, 2.75) is 13.8 Å². The number of benzene rings is 2. The maximum atomic E-state index is 12.6. The van der Waals surface area contributed by atoms with E-state index in [1.165, 1.54) is 8.61 Å². The number of hydrogen-bond donors (Lipinski definition) is 1. The van der Waals surface area contributed by atoms with E-state index in [0.717, 1.165) is 16.8 Å². The van der Waals surface area contributed by atoms with Gasteiger partial charge in [-0.1, -0.05) is 56.3 Å². The van der Waals surface area contributed by atoms with Crippen molar-refractivity contribution in [2.24, 2.45) is 0 Å². The molecule has 8 heteroatoms. The highest BCUT2D eigenvalue weighted by Gasteiger charge is 2.31. The van der Waals surface area contributed by atoms with Gasteiger partial charge in [0, 0.05) is 45.0 Å². The van der Waals surface area contributed by atoms with Gasteiger partial charge in [0.05, 0.1) is 6.54 Å². The first-order valence-corrected chi connectivity index (χ1v) is 11.8. The van der Waals surface area contributed by atoms with Gasteiger partial charge in [0.2, 0.25) is 5.91 Å². The predicted molar refractivity (Wildman–Crippen MR) is 120 cm³/mol. The van der Waals surface area contributed by atoms with Crippen molar-refractivity contribution >= 4 is 21.8 Å². The summed E-state index contributed by atoms with van der Waals surface area (Å²) in [7, 11) is -3.41. The number of amides is 1. The van der Waals surface area contributed by atoms with Crippen LogP contribution in [0.15, 0.2) is 54.6 Å². The summed E-state index contributed by atoms with van der Waals surface area (Å²) in [6.07, 6.45) is 0. The van der Waals surface area contributed by atoms with Gasteiger partial charge in [-0.3, -0.25) is 9.69 Å². The average Bonchev–Trinajstić information content (AvgIpc) is 2.76. The Hall–Kier alpha value is -2.26. The smallest absolute Gasteiger partial charge is 0.282 e. The Kier molecular flexibility index (Phi) is 7.60. The number of hydrogen-bond acceptors (Lipinski definition) is 4. The van der Waals surface area contributed by atoms with E-state index in [-0.39, 0.29) is 12.5 Å². The highest BCUT2D eigenvalue weighted by Crippen LogP contribution is 2.21. The van der Waals surface area contributed by atoms with Gasteiger partial charge in [0.1, 0.15) is 0 Å². The quantitative estimate of drug-likeness (QED) is 0.698. The molecule has 0 aromatic heterocycles. The highest BCUT2D eigenvalue weighted by molar-refractivity contribution is 7.86. The molecule has 1 aliphatic rings. The van der Waals surface area contributed by atoms with Crippen LogP contribution in [0.5, 0.6) is 0 Å². The number of carbonyl (C=O) groups excluding carboxylic acids is 1. The molecule has 30 heavy (non-hydrogen) atoms. The molecular formula is C22H30N4O3S. The van der Waals surface area contributed by atoms with E-state index in [2.05, 4.69) is 5.32 Å². The van der Waals surface area contributed by atoms with Crippen molar-refractivity contribution in [1.82, 2.24) is 13.5 Å². The SMILES string of the molecule is CCN(CC)S(=O)(=O)N1CCN(CC(=O)Nc2ccc(-c3ccccc3)cc2)CC1. The van der Waals surface area contributed by atoms with Crippen LogP contribution >= 0.6 is 0 Å². The van der Waals surface area contributed by atoms with Crippen molar-refractivity contribution in [3.8, 4) is 11.1 Å². The lowest BCUT2D eigenvalue weighted by atomic mass is 10.1. The van der Waals surface area contributed by atoms with Gasteiger partial charge < -0.3 is 5.32 Å². The van der Waals surface area contributed by atoms with Gasteiger partial charge in [-0.15, -0.1) is 0 Å². The maximum Gasteiger partial charge on any atom is 0.282 e. The summed E-state index contributed by atoms with van der Waals surface area (Å²) >= 11 is 0. The Labute approximate surface area is 179 Å². The first-order valence-electron chi connectivity index (χ1n) is 10.4. The number of anilines is 1. The second-order valence-corrected chi connectivity index (χ2v) is 9.19. The lowest BCUT2D eigenvalue weighted by Gasteiger charge is -2.35. The molecule has 0 bridgehead atoms. The summed E-state index contributed by atoms with van der Waals surface area (Å²) in [6.45, 7) is 6.74. The molecule has 1 fully saturated rings. The third-order valence-corrected chi connectivity index (χ3v) is 7.52. The summed E-state index contributed by atoms with van der Waals surface area (Å²) in [5.74, 6) is -0.0949. The molecule has 3 rings (SSSR count). The van der Waals surface area contributed by atoms with Crippen LogP contribution in [0.4, 0.5) is 5.69 Å². The van der Waals surface area contributed by atoms with E-state index in [1.54, 1.807) is 0 Å². The molecule has 1 heterocycles. The van der Waals surface area contributed by atoms with Gasteiger partial charge in [-0.2, -0.15) is 17.0 Å². The molecule has 2 aromatic carbocycles. The Morgan fingerprint density at radius 2 is 1.47 bits per heavy atom. The van der Waals surface area contributed by atoms with E-state index in [9.17, 15) is 13.2 Å². The molecule has 7 nitrogen and oxygen atoms in total. The second-order valence-electron chi connectivity index (χ2n) is 7.26. The van der Waals surface area contributed by atoms with Crippen LogP contribution < -0.4 is 5.32 Å². The van der Waals surface area contributed by atoms with Crippen LogP contribution in [-0.4, -0.2) is 73.6 Å². The van der Waals surface area contributed by atoms with Crippen molar-refractivity contribution in [2.75, 3.05) is 51.1 Å². The maximum absolute atomic E-state index is 12.6. The Morgan fingerprint density at radius 3 is 2.03 bits per heavy atom. The summed E-state index contributed by atoms with van der Waals surface area (Å²) in [4.78, 5) is 14.4. The standard InChI is InChI=1S/C22H30N4O3S/c1-3-25(4-2)30(28,29)26-16-14-24(15-17-26)18-22(27)23-21-12-10-20(11-13-21)19-8-6-5-7-9-19/h5-13H,3-4,14-18H2,1-2H3,(H,23,27). The number of nitrogens with zero attached hydrogens (tertiary/aromatic N) is 3. The lowest BCUT2D eigenvalue weighted by Crippen LogP contribution is -2.54. The number of nitrogens with one attached hydrogen (secondary N) is 1. The predicted octanol–water partition coefficient (Wildman–Crippen LogP) is 2.50. The lowest BCUT2D eigenvalue weighted by molar-refractivity contribution is -0.117. The highest BCUT2D eigenvalue weighted by atomic mass is 32.2. The van der Waals surface area contributed by atoms with E-state index >= 15 is 0 Å². The molecule has 1 N–H and O–H groups in total. The molecule has 2 aromatic rings. The topological polar surface area (TPSA) is 73.0 Å². The molecule has 0 unspecified atom stereocenters. The summed E-state index contributed by atoms with van der Waals surface area (Å²) in [5, 5.41) is 2.93. The zero-order chi connectivity index (χ0) is 21.6. The largest absolute Gasteiger partial charge is 0.325 e. The van der Waals surface area contributed by atoms with Gasteiger partial charge in [-0.25, -0.2) is 0 Å². The molecule has 0 radical (unpaired) electrons. The van der Waals surface area contributed by atoms with E-state index in [1.807, 2.05) is 73.3 Å². The van der Waals surface area contributed by atoms with Crippen LogP contribution in [0.1, 0.15) is 13.8 Å². The zero-order valence-electron chi connectivity index (χ0n) is 17.6. The number of rotatable bonds is 8. The summed E-state index contributed by atoms with van der Waals surface area (Å²) < 4.78 is 28.2. The van der Waals surface area contributed by atoms with Crippen molar-refractivity contribution in [3.05, 3.63) is 54.6 Å². The molecule has 0 spiro atoms. The zero-order valence-corrected chi connectivity index (χ0v) is 18.4. The molecule has 0 aliphatic carbocycles. The summed E-state index contributed by atoms with van der Waals surface area (Å²) in [5.41, 5.74) is 2.98. The van der Waals surface area contributed by atoms with Crippen LogP contribution in [0.25, 0.3) is 11.1 Å². The molecule has 0 atom stereocenters. The fourth-order valence-electron chi connectivity index (χ4n) is 3.61. The molecule has 162 valence electrons. The van der Waals surface area contributed by atoms with Crippen molar-refractivity contribution < 1.29 is 13.2 Å². The Morgan fingerprint density at radius 1 is 0.900 bits per heavy atom. The van der Waals surface area contributed by atoms with Crippen LogP contribution in [0.3, 0.4) is 0 Å². The Bertz CT molecular complexity index is 921. The average molecular weight is 431 g/mol. The first kappa shape index (κ1) is 22.4. The minimum atomic E-state index is -3.41. The second kappa shape index (κ2) is 10.2. The fourth-order valence-corrected chi connectivity index (χ4v) is 5.22. The number of piperazine rings is 1. The molecule has 1 aliphatic heterocycles. The van der Waals surface area contributed by atoms with Crippen LogP contribution in [0.2, 0.25) is 0 Å². The fraction of sp³-hybridized carbons (Fsp3) is 0.409. The van der Waals surface area contributed by atoms with Crippen molar-refractivity contribution in [1.29, 1.82) is 0 Å². The van der Waals surface area contributed by atoms with Crippen LogP contribution in [0, 0.1) is 0 Å². The third kappa shape index (κ3) is 5.46. The van der Waals surface area contributed by atoms with Gasteiger partial charge in [0.15, 0.2) is 0 Å². The third-order valence-electron chi connectivity index (χ3n) is 5.33. The molecule has 1 saturated heterocycles. The first-order chi connectivity index (χ1) is 14.4. The minimum Gasteiger partial charge on any atom is -0.325 e. The van der Waals surface area contributed by atoms with E-state index < -0.39 is 10.2 Å². The Balaban J connectivity index is 1.49. The molecule has 0 saturated carbocycles. The molecule has 1 amide bonds. The van der Waals surface area contributed by atoms with Gasteiger partial charge in [0.25, 0.3) is 10.2 Å². The number of carbonyl (C=O) groups is 1. The van der Waals surface area contributed by atoms with E-state index in [0.29, 0.717) is 39.3 Å².